The van der Waals surface area contributed by atoms with E-state index in [0.717, 1.165) is 19.1 Å². The minimum atomic E-state index is -3.26. The highest BCUT2D eigenvalue weighted by atomic mass is 32.2. The second-order valence-corrected chi connectivity index (χ2v) is 8.86. The van der Waals surface area contributed by atoms with Gasteiger partial charge in [0.05, 0.1) is 26.0 Å². The van der Waals surface area contributed by atoms with E-state index in [1.165, 1.54) is 0 Å². The van der Waals surface area contributed by atoms with Crippen molar-refractivity contribution in [3.63, 3.8) is 0 Å². The lowest BCUT2D eigenvalue weighted by Gasteiger charge is -2.32. The van der Waals surface area contributed by atoms with E-state index in [0.29, 0.717) is 42.5 Å². The Hall–Kier alpha value is -2.59. The summed E-state index contributed by atoms with van der Waals surface area (Å²) in [4.78, 5) is 14.6. The molecule has 1 unspecified atom stereocenters. The van der Waals surface area contributed by atoms with Gasteiger partial charge in [0.15, 0.2) is 11.5 Å². The molecule has 9 nitrogen and oxygen atoms in total. The zero-order chi connectivity index (χ0) is 21.0. The molecule has 2 heterocycles. The summed E-state index contributed by atoms with van der Waals surface area (Å²) in [5.74, 6) is 1.42. The summed E-state index contributed by atoms with van der Waals surface area (Å²) in [5.41, 5.74) is 0.828. The van der Waals surface area contributed by atoms with Crippen molar-refractivity contribution in [2.45, 2.75) is 12.8 Å². The average Bonchev–Trinajstić information content (AvgIpc) is 3.21. The Morgan fingerprint density at radius 3 is 2.79 bits per heavy atom. The van der Waals surface area contributed by atoms with Crippen LogP contribution in [-0.2, 0) is 10.0 Å². The quantitative estimate of drug-likeness (QED) is 0.722. The van der Waals surface area contributed by atoms with Gasteiger partial charge in [-0.05, 0) is 37.0 Å². The maximum absolute atomic E-state index is 12.9. The van der Waals surface area contributed by atoms with Crippen molar-refractivity contribution < 1.29 is 27.2 Å². The molecule has 1 aliphatic rings. The molecule has 3 rings (SSSR count). The van der Waals surface area contributed by atoms with E-state index in [1.807, 2.05) is 0 Å². The molecule has 0 aliphatic carbocycles. The topological polar surface area (TPSA) is 111 Å². The number of nitrogens with one attached hydrogen (secondary N) is 1. The van der Waals surface area contributed by atoms with Crippen molar-refractivity contribution in [3.05, 3.63) is 30.0 Å². The van der Waals surface area contributed by atoms with E-state index in [2.05, 4.69) is 9.88 Å². The first-order valence-electron chi connectivity index (χ1n) is 9.23. The van der Waals surface area contributed by atoms with E-state index in [-0.39, 0.29) is 17.5 Å². The molecule has 1 fully saturated rings. The van der Waals surface area contributed by atoms with Crippen LogP contribution in [0.2, 0.25) is 0 Å². The van der Waals surface area contributed by atoms with Gasteiger partial charge in [-0.3, -0.25) is 4.79 Å². The number of nitrogens with zero attached hydrogens (tertiary/aromatic N) is 2. The number of hydrogen-bond donors (Lipinski definition) is 1. The normalized spacial score (nSPS) is 17.2. The van der Waals surface area contributed by atoms with E-state index in [1.54, 1.807) is 43.4 Å². The average molecular weight is 423 g/mol. The maximum atomic E-state index is 12.9. The molecular formula is C19H25N3O6S. The predicted octanol–water partition coefficient (Wildman–Crippen LogP) is 1.76. The fourth-order valence-electron chi connectivity index (χ4n) is 3.36. The molecule has 2 aromatic rings. The number of benzene rings is 1. The van der Waals surface area contributed by atoms with E-state index >= 15 is 0 Å². The van der Waals surface area contributed by atoms with Crippen LogP contribution in [0.25, 0.3) is 11.3 Å². The highest BCUT2D eigenvalue weighted by Gasteiger charge is 2.27. The van der Waals surface area contributed by atoms with Crippen LogP contribution in [0.5, 0.6) is 11.5 Å². The van der Waals surface area contributed by atoms with Gasteiger partial charge in [-0.15, -0.1) is 0 Å². The minimum absolute atomic E-state index is 0.0623. The summed E-state index contributed by atoms with van der Waals surface area (Å²) < 4.78 is 41.1. The monoisotopic (exact) mass is 423 g/mol. The highest BCUT2D eigenvalue weighted by molar-refractivity contribution is 7.88. The third-order valence-electron chi connectivity index (χ3n) is 4.84. The number of likely N-dealkylation sites (tertiary alicyclic amines) is 1. The first-order chi connectivity index (χ1) is 13.8. The van der Waals surface area contributed by atoms with Gasteiger partial charge in [0, 0.05) is 25.7 Å². The standard InChI is InChI=1S/C19H25N3O6S/c1-26-14-6-7-17(27-2)15(9-14)18-10-16(21-28-18)19(23)22-8-4-5-13(12-22)11-20-29(3,24)25/h6-7,9-10,13,20H,4-5,8,11-12H2,1-3H3. The summed E-state index contributed by atoms with van der Waals surface area (Å²) >= 11 is 0. The number of rotatable bonds is 7. The second kappa shape index (κ2) is 8.83. The van der Waals surface area contributed by atoms with Gasteiger partial charge in [0.25, 0.3) is 5.91 Å². The van der Waals surface area contributed by atoms with Crippen molar-refractivity contribution in [2.75, 3.05) is 40.1 Å². The summed E-state index contributed by atoms with van der Waals surface area (Å²) in [7, 11) is -0.146. The van der Waals surface area contributed by atoms with Crippen LogP contribution in [0.3, 0.4) is 0 Å². The Morgan fingerprint density at radius 2 is 2.10 bits per heavy atom. The largest absolute Gasteiger partial charge is 0.497 e. The Kier molecular flexibility index (Phi) is 6.43. The van der Waals surface area contributed by atoms with Crippen LogP contribution in [-0.4, -0.2) is 64.5 Å². The van der Waals surface area contributed by atoms with Crippen molar-refractivity contribution in [1.82, 2.24) is 14.8 Å². The molecule has 1 atom stereocenters. The molecule has 0 bridgehead atoms. The third kappa shape index (κ3) is 5.27. The number of piperidine rings is 1. The van der Waals surface area contributed by atoms with Gasteiger partial charge in [0.1, 0.15) is 11.5 Å². The summed E-state index contributed by atoms with van der Waals surface area (Å²) in [6.45, 7) is 1.37. The Bertz CT molecular complexity index is 972. The van der Waals surface area contributed by atoms with Gasteiger partial charge in [-0.2, -0.15) is 0 Å². The fraction of sp³-hybridized carbons (Fsp3) is 0.474. The number of hydrogen-bond acceptors (Lipinski definition) is 7. The summed E-state index contributed by atoms with van der Waals surface area (Å²) in [5, 5.41) is 3.93. The van der Waals surface area contributed by atoms with Gasteiger partial charge >= 0.3 is 0 Å². The zero-order valence-electron chi connectivity index (χ0n) is 16.7. The van der Waals surface area contributed by atoms with E-state index in [4.69, 9.17) is 14.0 Å². The molecule has 0 spiro atoms. The van der Waals surface area contributed by atoms with Crippen LogP contribution in [0, 0.1) is 5.92 Å². The summed E-state index contributed by atoms with van der Waals surface area (Å²) in [6.07, 6.45) is 2.79. The van der Waals surface area contributed by atoms with E-state index < -0.39 is 10.0 Å². The van der Waals surface area contributed by atoms with Crippen LogP contribution >= 0.6 is 0 Å². The zero-order valence-corrected chi connectivity index (χ0v) is 17.5. The smallest absolute Gasteiger partial charge is 0.276 e. The number of aromatic nitrogens is 1. The molecular weight excluding hydrogens is 398 g/mol. The number of sulfonamides is 1. The Balaban J connectivity index is 1.74. The van der Waals surface area contributed by atoms with Gasteiger partial charge in [-0.25, -0.2) is 13.1 Å². The molecule has 1 amide bonds. The van der Waals surface area contributed by atoms with Gasteiger partial charge in [0.2, 0.25) is 10.0 Å². The molecule has 10 heteroatoms. The molecule has 29 heavy (non-hydrogen) atoms. The molecule has 158 valence electrons. The summed E-state index contributed by atoms with van der Waals surface area (Å²) in [6, 6.07) is 6.85. The SMILES string of the molecule is COc1ccc(OC)c(-c2cc(C(=O)N3CCCC(CNS(C)(=O)=O)C3)no2)c1. The fourth-order valence-corrected chi connectivity index (χ4v) is 3.90. The first kappa shape index (κ1) is 21.1. The highest BCUT2D eigenvalue weighted by Crippen LogP contribution is 2.34. The van der Waals surface area contributed by atoms with Gasteiger partial charge in [-0.1, -0.05) is 5.16 Å². The van der Waals surface area contributed by atoms with Crippen LogP contribution in [0.15, 0.2) is 28.8 Å². The molecule has 1 saturated heterocycles. The minimum Gasteiger partial charge on any atom is -0.497 e. The Labute approximate surface area is 170 Å². The number of carbonyl (C=O) groups is 1. The van der Waals surface area contributed by atoms with Crippen molar-refractivity contribution in [1.29, 1.82) is 0 Å². The van der Waals surface area contributed by atoms with Crippen molar-refractivity contribution >= 4 is 15.9 Å². The molecule has 0 radical (unpaired) electrons. The van der Waals surface area contributed by atoms with Crippen molar-refractivity contribution in [3.8, 4) is 22.8 Å². The van der Waals surface area contributed by atoms with Crippen LogP contribution in [0.1, 0.15) is 23.3 Å². The van der Waals surface area contributed by atoms with Crippen LogP contribution in [0.4, 0.5) is 0 Å². The molecule has 1 aromatic heterocycles. The molecule has 1 N–H and O–H groups in total. The number of carbonyl (C=O) groups excluding carboxylic acids is 1. The van der Waals surface area contributed by atoms with Crippen LogP contribution < -0.4 is 14.2 Å². The lowest BCUT2D eigenvalue weighted by molar-refractivity contribution is 0.0666. The van der Waals surface area contributed by atoms with Gasteiger partial charge < -0.3 is 18.9 Å². The lowest BCUT2D eigenvalue weighted by atomic mass is 9.98. The predicted molar refractivity (Wildman–Crippen MR) is 107 cm³/mol. The molecule has 0 saturated carbocycles. The maximum Gasteiger partial charge on any atom is 0.276 e. The lowest BCUT2D eigenvalue weighted by Crippen LogP contribution is -2.43. The number of methoxy groups -OCH3 is 2. The second-order valence-electron chi connectivity index (χ2n) is 7.02. The number of amides is 1. The first-order valence-corrected chi connectivity index (χ1v) is 11.1. The van der Waals surface area contributed by atoms with E-state index in [9.17, 15) is 13.2 Å². The van der Waals surface area contributed by atoms with Crippen molar-refractivity contribution in [2.24, 2.45) is 5.92 Å². The number of ether oxygens (including phenoxy) is 2. The third-order valence-corrected chi connectivity index (χ3v) is 5.53. The Morgan fingerprint density at radius 1 is 1.31 bits per heavy atom. The molecule has 1 aromatic carbocycles. The molecule has 1 aliphatic heterocycles.